The van der Waals surface area contributed by atoms with E-state index in [1.165, 1.54) is 24.0 Å². The number of hydrogen-bond acceptors (Lipinski definition) is 3. The molecule has 114 valence electrons. The Morgan fingerprint density at radius 2 is 2.10 bits per heavy atom. The number of fused-ring (bicyclic) bond motifs is 1. The third-order valence-corrected chi connectivity index (χ3v) is 4.76. The van der Waals surface area contributed by atoms with Gasteiger partial charge in [0.05, 0.1) is 6.54 Å². The van der Waals surface area contributed by atoms with Crippen LogP contribution in [0.4, 0.5) is 0 Å². The van der Waals surface area contributed by atoms with Gasteiger partial charge in [0.25, 0.3) is 0 Å². The van der Waals surface area contributed by atoms with Gasteiger partial charge in [0.15, 0.2) is 0 Å². The Bertz CT molecular complexity index is 503. The molecule has 4 nitrogen and oxygen atoms in total. The summed E-state index contributed by atoms with van der Waals surface area (Å²) < 4.78 is 0. The van der Waals surface area contributed by atoms with Crippen molar-refractivity contribution in [2.75, 3.05) is 33.2 Å². The van der Waals surface area contributed by atoms with E-state index in [4.69, 9.17) is 0 Å². The summed E-state index contributed by atoms with van der Waals surface area (Å²) in [5.74, 6) is 0.285. The lowest BCUT2D eigenvalue weighted by Gasteiger charge is -2.31. The average molecular weight is 287 g/mol. The lowest BCUT2D eigenvalue weighted by atomic mass is 10.00. The predicted octanol–water partition coefficient (Wildman–Crippen LogP) is 1.26. The van der Waals surface area contributed by atoms with E-state index >= 15 is 0 Å². The maximum Gasteiger partial charge on any atom is 0.237 e. The number of amides is 1. The first kappa shape index (κ1) is 14.5. The monoisotopic (exact) mass is 287 g/mol. The lowest BCUT2D eigenvalue weighted by Crippen LogP contribution is -2.46. The Morgan fingerprint density at radius 1 is 1.29 bits per heavy atom. The molecule has 1 aromatic carbocycles. The zero-order chi connectivity index (χ0) is 14.7. The van der Waals surface area contributed by atoms with Crippen LogP contribution in [-0.2, 0) is 17.8 Å². The van der Waals surface area contributed by atoms with Gasteiger partial charge in [-0.3, -0.25) is 9.69 Å². The van der Waals surface area contributed by atoms with E-state index in [-0.39, 0.29) is 5.91 Å². The van der Waals surface area contributed by atoms with Gasteiger partial charge < -0.3 is 10.2 Å². The van der Waals surface area contributed by atoms with Crippen LogP contribution < -0.4 is 5.32 Å². The highest BCUT2D eigenvalue weighted by molar-refractivity contribution is 5.78. The van der Waals surface area contributed by atoms with Crippen LogP contribution >= 0.6 is 0 Å². The number of carbonyl (C=O) groups excluding carboxylic acids is 1. The van der Waals surface area contributed by atoms with E-state index in [0.717, 1.165) is 32.6 Å². The van der Waals surface area contributed by atoms with Crippen LogP contribution in [0.25, 0.3) is 0 Å². The zero-order valence-corrected chi connectivity index (χ0v) is 12.8. The van der Waals surface area contributed by atoms with Gasteiger partial charge in [-0.2, -0.15) is 0 Å². The minimum atomic E-state index is 0.285. The number of hydrogen-bond donors (Lipinski definition) is 1. The average Bonchev–Trinajstić information content (AvgIpc) is 2.94. The molecule has 21 heavy (non-hydrogen) atoms. The second kappa shape index (κ2) is 6.58. The molecule has 3 rings (SSSR count). The lowest BCUT2D eigenvalue weighted by molar-refractivity contribution is -0.133. The molecule has 1 amide bonds. The summed E-state index contributed by atoms with van der Waals surface area (Å²) in [6.07, 6.45) is 3.40. The van der Waals surface area contributed by atoms with Crippen molar-refractivity contribution >= 4 is 5.91 Å². The minimum Gasteiger partial charge on any atom is -0.337 e. The summed E-state index contributed by atoms with van der Waals surface area (Å²) in [4.78, 5) is 16.9. The molecule has 1 unspecified atom stereocenters. The standard InChI is InChI=1S/C17H25N3O/c1-18-11-16-7-4-9-19(16)13-17(21)20-10-8-14-5-2-3-6-15(14)12-20/h2-3,5-6,16,18H,4,7-13H2,1H3. The topological polar surface area (TPSA) is 35.6 Å². The van der Waals surface area contributed by atoms with Crippen molar-refractivity contribution in [1.82, 2.24) is 15.1 Å². The Kier molecular flexibility index (Phi) is 4.56. The second-order valence-electron chi connectivity index (χ2n) is 6.16. The predicted molar refractivity (Wildman–Crippen MR) is 84.1 cm³/mol. The van der Waals surface area contributed by atoms with Gasteiger partial charge in [0.2, 0.25) is 5.91 Å². The van der Waals surface area contributed by atoms with Crippen LogP contribution in [0.2, 0.25) is 0 Å². The van der Waals surface area contributed by atoms with E-state index in [0.29, 0.717) is 12.6 Å². The summed E-state index contributed by atoms with van der Waals surface area (Å²) in [5.41, 5.74) is 2.71. The number of likely N-dealkylation sites (N-methyl/N-ethyl adjacent to an activating group) is 1. The third-order valence-electron chi connectivity index (χ3n) is 4.76. The Balaban J connectivity index is 1.59. The number of nitrogens with zero attached hydrogens (tertiary/aromatic N) is 2. The number of nitrogens with one attached hydrogen (secondary N) is 1. The van der Waals surface area contributed by atoms with Crippen molar-refractivity contribution in [3.05, 3.63) is 35.4 Å². The zero-order valence-electron chi connectivity index (χ0n) is 12.8. The molecule has 0 saturated carbocycles. The number of rotatable bonds is 4. The molecule has 1 aromatic rings. The van der Waals surface area contributed by atoms with Crippen LogP contribution in [0.5, 0.6) is 0 Å². The quantitative estimate of drug-likeness (QED) is 0.905. The van der Waals surface area contributed by atoms with Crippen molar-refractivity contribution in [2.24, 2.45) is 0 Å². The molecular formula is C17H25N3O. The molecule has 2 aliphatic rings. The molecule has 1 fully saturated rings. The highest BCUT2D eigenvalue weighted by Crippen LogP contribution is 2.20. The van der Waals surface area contributed by atoms with Crippen molar-refractivity contribution in [3.63, 3.8) is 0 Å². The molecular weight excluding hydrogens is 262 g/mol. The largest absolute Gasteiger partial charge is 0.337 e. The molecule has 0 aliphatic carbocycles. The highest BCUT2D eigenvalue weighted by atomic mass is 16.2. The van der Waals surface area contributed by atoms with Gasteiger partial charge in [0, 0.05) is 25.7 Å². The fourth-order valence-corrected chi connectivity index (χ4v) is 3.55. The molecule has 1 saturated heterocycles. The normalized spacial score (nSPS) is 22.3. The van der Waals surface area contributed by atoms with E-state index in [2.05, 4.69) is 34.5 Å². The maximum absolute atomic E-state index is 12.6. The van der Waals surface area contributed by atoms with Crippen molar-refractivity contribution in [2.45, 2.75) is 31.8 Å². The molecule has 0 spiro atoms. The molecule has 4 heteroatoms. The Hall–Kier alpha value is -1.39. The van der Waals surface area contributed by atoms with Gasteiger partial charge >= 0.3 is 0 Å². The van der Waals surface area contributed by atoms with Gasteiger partial charge in [-0.25, -0.2) is 0 Å². The Labute approximate surface area is 127 Å². The van der Waals surface area contributed by atoms with Crippen LogP contribution in [0.3, 0.4) is 0 Å². The summed E-state index contributed by atoms with van der Waals surface area (Å²) in [7, 11) is 1.99. The maximum atomic E-state index is 12.6. The molecule has 0 radical (unpaired) electrons. The summed E-state index contributed by atoms with van der Waals surface area (Å²) >= 11 is 0. The number of carbonyl (C=O) groups is 1. The van der Waals surface area contributed by atoms with Crippen molar-refractivity contribution in [3.8, 4) is 0 Å². The van der Waals surface area contributed by atoms with E-state index in [1.54, 1.807) is 0 Å². The third kappa shape index (κ3) is 3.27. The molecule has 1 N–H and O–H groups in total. The van der Waals surface area contributed by atoms with Crippen molar-refractivity contribution in [1.29, 1.82) is 0 Å². The molecule has 2 heterocycles. The number of benzene rings is 1. The van der Waals surface area contributed by atoms with Crippen LogP contribution in [0.15, 0.2) is 24.3 Å². The molecule has 2 aliphatic heterocycles. The fourth-order valence-electron chi connectivity index (χ4n) is 3.55. The van der Waals surface area contributed by atoms with E-state index in [1.807, 2.05) is 11.9 Å². The van der Waals surface area contributed by atoms with Crippen LogP contribution in [0.1, 0.15) is 24.0 Å². The van der Waals surface area contributed by atoms with Gasteiger partial charge in [-0.1, -0.05) is 24.3 Å². The SMILES string of the molecule is CNCC1CCCN1CC(=O)N1CCc2ccccc2C1. The summed E-state index contributed by atoms with van der Waals surface area (Å²) in [6.45, 7) is 4.26. The number of likely N-dealkylation sites (tertiary alicyclic amines) is 1. The first-order chi connectivity index (χ1) is 10.3. The Morgan fingerprint density at radius 3 is 2.90 bits per heavy atom. The summed E-state index contributed by atoms with van der Waals surface area (Å²) in [6, 6.07) is 9.00. The van der Waals surface area contributed by atoms with Gasteiger partial charge in [0.1, 0.15) is 0 Å². The molecule has 1 atom stereocenters. The van der Waals surface area contributed by atoms with Crippen LogP contribution in [0, 0.1) is 0 Å². The van der Waals surface area contributed by atoms with E-state index < -0.39 is 0 Å². The molecule has 0 aromatic heterocycles. The van der Waals surface area contributed by atoms with E-state index in [9.17, 15) is 4.79 Å². The van der Waals surface area contributed by atoms with Gasteiger partial charge in [-0.05, 0) is 44.0 Å². The van der Waals surface area contributed by atoms with Crippen LogP contribution in [-0.4, -0.2) is 55.0 Å². The molecule has 0 bridgehead atoms. The van der Waals surface area contributed by atoms with Crippen molar-refractivity contribution < 1.29 is 4.79 Å². The fraction of sp³-hybridized carbons (Fsp3) is 0.588. The highest BCUT2D eigenvalue weighted by Gasteiger charge is 2.28. The first-order valence-electron chi connectivity index (χ1n) is 8.01. The second-order valence-corrected chi connectivity index (χ2v) is 6.16. The summed E-state index contributed by atoms with van der Waals surface area (Å²) in [5, 5.41) is 3.24. The first-order valence-corrected chi connectivity index (χ1v) is 8.01. The smallest absolute Gasteiger partial charge is 0.237 e. The minimum absolute atomic E-state index is 0.285. The van der Waals surface area contributed by atoms with Gasteiger partial charge in [-0.15, -0.1) is 0 Å².